The van der Waals surface area contributed by atoms with Crippen molar-refractivity contribution in [3.05, 3.63) is 23.2 Å². The summed E-state index contributed by atoms with van der Waals surface area (Å²) in [7, 11) is 0. The predicted molar refractivity (Wildman–Crippen MR) is 75.9 cm³/mol. The molecule has 0 unspecified atom stereocenters. The molecule has 0 atom stereocenters. The molecule has 1 aliphatic heterocycles. The minimum atomic E-state index is -0.0407. The lowest BCUT2D eigenvalue weighted by Crippen LogP contribution is -2.52. The molecule has 2 aromatic heterocycles. The third-order valence-corrected chi connectivity index (χ3v) is 4.76. The lowest BCUT2D eigenvalue weighted by molar-refractivity contribution is 0.0833. The normalized spacial score (nSPS) is 20.9. The summed E-state index contributed by atoms with van der Waals surface area (Å²) in [4.78, 5) is 20.5. The molecule has 1 spiro atoms. The minimum Gasteiger partial charge on any atom is -0.348 e. The van der Waals surface area contributed by atoms with Crippen molar-refractivity contribution >= 4 is 28.5 Å². The van der Waals surface area contributed by atoms with Crippen LogP contribution < -0.4 is 5.32 Å². The van der Waals surface area contributed by atoms with Crippen LogP contribution in [0.1, 0.15) is 42.6 Å². The number of nitrogens with zero attached hydrogens (tertiary/aromatic N) is 3. The van der Waals surface area contributed by atoms with E-state index in [1.165, 1.54) is 19.3 Å². The Labute approximate surface area is 121 Å². The molecule has 1 saturated carbocycles. The highest BCUT2D eigenvalue weighted by atomic mass is 35.5. The fraction of sp³-hybridized carbons (Fsp3) is 0.500. The molecule has 6 heteroatoms. The maximum absolute atomic E-state index is 12.2. The summed E-state index contributed by atoms with van der Waals surface area (Å²) in [6, 6.07) is 1.87. The van der Waals surface area contributed by atoms with Crippen LogP contribution in [0.4, 0.5) is 0 Å². The molecule has 2 aromatic rings. The van der Waals surface area contributed by atoms with Gasteiger partial charge in [-0.05, 0) is 30.5 Å². The first-order valence-electron chi connectivity index (χ1n) is 7.02. The van der Waals surface area contributed by atoms with Gasteiger partial charge in [-0.2, -0.15) is 4.98 Å². The van der Waals surface area contributed by atoms with E-state index in [0.717, 1.165) is 23.9 Å². The molecule has 1 N–H and O–H groups in total. The third-order valence-electron chi connectivity index (χ3n) is 4.58. The summed E-state index contributed by atoms with van der Waals surface area (Å²) in [5.74, 6) is -0.0321. The average Bonchev–Trinajstić information content (AvgIpc) is 2.85. The lowest BCUT2D eigenvalue weighted by Gasteiger charge is -2.42. The van der Waals surface area contributed by atoms with E-state index >= 15 is 0 Å². The highest BCUT2D eigenvalue weighted by Gasteiger charge is 2.41. The molecule has 20 heavy (non-hydrogen) atoms. The van der Waals surface area contributed by atoms with E-state index in [1.807, 2.05) is 6.07 Å². The molecule has 0 radical (unpaired) electrons. The predicted octanol–water partition coefficient (Wildman–Crippen LogP) is 2.49. The van der Waals surface area contributed by atoms with E-state index in [-0.39, 0.29) is 16.7 Å². The van der Waals surface area contributed by atoms with Gasteiger partial charge in [0, 0.05) is 18.1 Å². The minimum absolute atomic E-state index is 0.0321. The Morgan fingerprint density at radius 1 is 1.30 bits per heavy atom. The number of aromatic nitrogens is 3. The number of halogens is 1. The van der Waals surface area contributed by atoms with Crippen LogP contribution in [0.2, 0.25) is 5.28 Å². The molecule has 1 amide bonds. The molecule has 4 rings (SSSR count). The first kappa shape index (κ1) is 12.1. The number of fused-ring (bicyclic) bond motifs is 4. The number of carbonyl (C=O) groups is 1. The zero-order valence-corrected chi connectivity index (χ0v) is 11.8. The highest BCUT2D eigenvalue weighted by molar-refractivity contribution is 6.28. The fourth-order valence-electron chi connectivity index (χ4n) is 3.64. The SMILES string of the molecule is O=C1NCC2(CCCCC2)n2c1cc1cnc(Cl)nc12. The van der Waals surface area contributed by atoms with Crippen molar-refractivity contribution in [2.75, 3.05) is 6.54 Å². The van der Waals surface area contributed by atoms with Crippen LogP contribution in [-0.2, 0) is 5.54 Å². The molecular weight excluding hydrogens is 276 g/mol. The summed E-state index contributed by atoms with van der Waals surface area (Å²) in [5.41, 5.74) is 1.43. The van der Waals surface area contributed by atoms with Crippen molar-refractivity contribution in [1.29, 1.82) is 0 Å². The van der Waals surface area contributed by atoms with Gasteiger partial charge in [-0.25, -0.2) is 4.98 Å². The molecule has 0 saturated heterocycles. The Balaban J connectivity index is 2.01. The summed E-state index contributed by atoms with van der Waals surface area (Å²) in [6.45, 7) is 0.685. The monoisotopic (exact) mass is 290 g/mol. The number of nitrogens with one attached hydrogen (secondary N) is 1. The van der Waals surface area contributed by atoms with Gasteiger partial charge in [0.25, 0.3) is 5.91 Å². The molecule has 3 heterocycles. The molecule has 0 bridgehead atoms. The first-order valence-corrected chi connectivity index (χ1v) is 7.40. The largest absolute Gasteiger partial charge is 0.348 e. The number of hydrogen-bond donors (Lipinski definition) is 1. The van der Waals surface area contributed by atoms with E-state index in [2.05, 4.69) is 19.9 Å². The van der Waals surface area contributed by atoms with E-state index in [1.54, 1.807) is 6.20 Å². The van der Waals surface area contributed by atoms with E-state index in [0.29, 0.717) is 12.2 Å². The molecule has 104 valence electrons. The van der Waals surface area contributed by atoms with E-state index in [9.17, 15) is 4.79 Å². The topological polar surface area (TPSA) is 59.8 Å². The van der Waals surface area contributed by atoms with Crippen LogP contribution in [0.5, 0.6) is 0 Å². The van der Waals surface area contributed by atoms with Gasteiger partial charge in [-0.15, -0.1) is 0 Å². The maximum Gasteiger partial charge on any atom is 0.268 e. The Morgan fingerprint density at radius 3 is 2.90 bits per heavy atom. The number of carbonyl (C=O) groups excluding carboxylic acids is 1. The third kappa shape index (κ3) is 1.59. The molecule has 0 aromatic carbocycles. The quantitative estimate of drug-likeness (QED) is 0.758. The number of hydrogen-bond acceptors (Lipinski definition) is 3. The summed E-state index contributed by atoms with van der Waals surface area (Å²) in [6.07, 6.45) is 7.48. The number of rotatable bonds is 0. The molecule has 5 nitrogen and oxygen atoms in total. The van der Waals surface area contributed by atoms with Crippen LogP contribution >= 0.6 is 11.6 Å². The number of amides is 1. The van der Waals surface area contributed by atoms with Crippen molar-refractivity contribution in [2.24, 2.45) is 0 Å². The smallest absolute Gasteiger partial charge is 0.268 e. The zero-order valence-electron chi connectivity index (χ0n) is 11.0. The van der Waals surface area contributed by atoms with Crippen LogP contribution in [-0.4, -0.2) is 27.0 Å². The van der Waals surface area contributed by atoms with Crippen molar-refractivity contribution in [3.63, 3.8) is 0 Å². The first-order chi connectivity index (χ1) is 9.70. The lowest BCUT2D eigenvalue weighted by atomic mass is 9.80. The fourth-order valence-corrected chi connectivity index (χ4v) is 3.77. The maximum atomic E-state index is 12.2. The highest BCUT2D eigenvalue weighted by Crippen LogP contribution is 2.40. The van der Waals surface area contributed by atoms with Gasteiger partial charge in [-0.3, -0.25) is 4.79 Å². The van der Waals surface area contributed by atoms with E-state index < -0.39 is 0 Å². The second-order valence-corrected chi connectivity index (χ2v) is 6.09. The summed E-state index contributed by atoms with van der Waals surface area (Å²) in [5, 5.41) is 4.15. The Hall–Kier alpha value is -1.62. The van der Waals surface area contributed by atoms with Crippen molar-refractivity contribution in [3.8, 4) is 0 Å². The standard InChI is InChI=1S/C14H15ClN4O/c15-13-16-7-9-6-10-12(20)17-8-14(4-2-1-3-5-14)19(10)11(9)18-13/h6-7H,1-5,8H2,(H,17,20). The second kappa shape index (κ2) is 4.19. The molecule has 1 aliphatic carbocycles. The van der Waals surface area contributed by atoms with Gasteiger partial charge in [0.15, 0.2) is 0 Å². The Kier molecular flexibility index (Phi) is 2.54. The van der Waals surface area contributed by atoms with Gasteiger partial charge in [0.2, 0.25) is 5.28 Å². The average molecular weight is 291 g/mol. The van der Waals surface area contributed by atoms with Crippen LogP contribution in [0.25, 0.3) is 11.0 Å². The second-order valence-electron chi connectivity index (χ2n) is 5.75. The van der Waals surface area contributed by atoms with Gasteiger partial charge in [-0.1, -0.05) is 19.3 Å². The summed E-state index contributed by atoms with van der Waals surface area (Å²) < 4.78 is 2.12. The Morgan fingerprint density at radius 2 is 2.10 bits per heavy atom. The van der Waals surface area contributed by atoms with E-state index in [4.69, 9.17) is 11.6 Å². The Bertz CT molecular complexity index is 703. The van der Waals surface area contributed by atoms with Crippen molar-refractivity contribution in [2.45, 2.75) is 37.6 Å². The van der Waals surface area contributed by atoms with Crippen LogP contribution in [0.15, 0.2) is 12.3 Å². The van der Waals surface area contributed by atoms with Gasteiger partial charge < -0.3 is 9.88 Å². The van der Waals surface area contributed by atoms with Crippen LogP contribution in [0, 0.1) is 0 Å². The van der Waals surface area contributed by atoms with Crippen molar-refractivity contribution in [1.82, 2.24) is 19.9 Å². The van der Waals surface area contributed by atoms with Crippen molar-refractivity contribution < 1.29 is 4.79 Å². The van der Waals surface area contributed by atoms with Crippen LogP contribution in [0.3, 0.4) is 0 Å². The van der Waals surface area contributed by atoms with Gasteiger partial charge in [0.05, 0.1) is 5.54 Å². The molecule has 2 aliphatic rings. The summed E-state index contributed by atoms with van der Waals surface area (Å²) >= 11 is 5.95. The van der Waals surface area contributed by atoms with Gasteiger partial charge in [0.1, 0.15) is 11.3 Å². The molecular formula is C14H15ClN4O. The van der Waals surface area contributed by atoms with Gasteiger partial charge >= 0.3 is 0 Å². The molecule has 1 fully saturated rings. The zero-order chi connectivity index (χ0) is 13.7.